The second-order valence-electron chi connectivity index (χ2n) is 5.45. The Labute approximate surface area is 80.8 Å². The fourth-order valence-corrected chi connectivity index (χ4v) is 2.22. The molecule has 0 aromatic heterocycles. The van der Waals surface area contributed by atoms with Crippen LogP contribution < -0.4 is 5.43 Å². The average Bonchev–Trinajstić information content (AvgIpc) is 2.75. The molecule has 2 fully saturated rings. The molecule has 2 aliphatic rings. The Morgan fingerprint density at radius 3 is 2.54 bits per heavy atom. The van der Waals surface area contributed by atoms with Crippen molar-refractivity contribution in [1.29, 1.82) is 0 Å². The van der Waals surface area contributed by atoms with Crippen molar-refractivity contribution >= 4 is 5.71 Å². The van der Waals surface area contributed by atoms with Gasteiger partial charge in [0.25, 0.3) is 0 Å². The summed E-state index contributed by atoms with van der Waals surface area (Å²) in [5.74, 6) is 0.682. The van der Waals surface area contributed by atoms with E-state index in [1.807, 2.05) is 0 Å². The molecule has 0 bridgehead atoms. The van der Waals surface area contributed by atoms with Crippen LogP contribution >= 0.6 is 0 Å². The molecule has 0 spiro atoms. The van der Waals surface area contributed by atoms with Gasteiger partial charge in [-0.05, 0) is 37.0 Å². The molecule has 0 heterocycles. The lowest BCUT2D eigenvalue weighted by Gasteiger charge is -2.14. The van der Waals surface area contributed by atoms with Gasteiger partial charge in [-0.1, -0.05) is 20.8 Å². The van der Waals surface area contributed by atoms with Crippen LogP contribution in [0.4, 0.5) is 0 Å². The first-order chi connectivity index (χ1) is 6.07. The maximum absolute atomic E-state index is 4.53. The highest BCUT2D eigenvalue weighted by Crippen LogP contribution is 2.38. The molecule has 0 aromatic carbocycles. The van der Waals surface area contributed by atoms with Gasteiger partial charge in [0.2, 0.25) is 0 Å². The van der Waals surface area contributed by atoms with Crippen LogP contribution in [0.1, 0.15) is 46.5 Å². The van der Waals surface area contributed by atoms with E-state index in [2.05, 4.69) is 31.3 Å². The molecular weight excluding hydrogens is 160 g/mol. The zero-order valence-electron chi connectivity index (χ0n) is 8.93. The molecule has 1 atom stereocenters. The summed E-state index contributed by atoms with van der Waals surface area (Å²) in [4.78, 5) is 0. The number of hydrazone groups is 1. The predicted octanol–water partition coefficient (Wildman–Crippen LogP) is 2.55. The lowest BCUT2D eigenvalue weighted by Crippen LogP contribution is -2.14. The van der Waals surface area contributed by atoms with Gasteiger partial charge in [0, 0.05) is 11.8 Å². The smallest absolute Gasteiger partial charge is 0.0441 e. The summed E-state index contributed by atoms with van der Waals surface area (Å²) in [7, 11) is 0. The van der Waals surface area contributed by atoms with Gasteiger partial charge in [0.05, 0.1) is 0 Å². The highest BCUT2D eigenvalue weighted by molar-refractivity contribution is 5.89. The maximum atomic E-state index is 4.53. The van der Waals surface area contributed by atoms with E-state index in [0.29, 0.717) is 17.4 Å². The summed E-state index contributed by atoms with van der Waals surface area (Å²) in [5.41, 5.74) is 5.12. The first kappa shape index (κ1) is 9.04. The summed E-state index contributed by atoms with van der Waals surface area (Å²) in [6, 6.07) is 0.698. The van der Waals surface area contributed by atoms with Crippen molar-refractivity contribution < 1.29 is 0 Å². The van der Waals surface area contributed by atoms with Crippen molar-refractivity contribution in [2.45, 2.75) is 52.5 Å². The van der Waals surface area contributed by atoms with E-state index < -0.39 is 0 Å². The van der Waals surface area contributed by atoms with Crippen LogP contribution in [-0.4, -0.2) is 11.8 Å². The molecule has 0 aromatic rings. The predicted molar refractivity (Wildman–Crippen MR) is 55.8 cm³/mol. The first-order valence-electron chi connectivity index (χ1n) is 5.39. The second kappa shape index (κ2) is 3.00. The van der Waals surface area contributed by atoms with E-state index in [9.17, 15) is 0 Å². The number of nitrogens with zero attached hydrogens (tertiary/aromatic N) is 1. The molecular formula is C11H20N2. The fraction of sp³-hybridized carbons (Fsp3) is 0.909. The molecule has 2 nitrogen and oxygen atoms in total. The molecule has 2 aliphatic carbocycles. The minimum Gasteiger partial charge on any atom is -0.307 e. The molecule has 1 unspecified atom stereocenters. The van der Waals surface area contributed by atoms with Gasteiger partial charge in [0.1, 0.15) is 0 Å². The number of nitrogens with one attached hydrogen (secondary N) is 1. The van der Waals surface area contributed by atoms with Crippen LogP contribution in [0, 0.1) is 11.3 Å². The molecule has 2 heteroatoms. The maximum Gasteiger partial charge on any atom is 0.0441 e. The van der Waals surface area contributed by atoms with Gasteiger partial charge < -0.3 is 5.43 Å². The number of rotatable bonds is 2. The Balaban J connectivity index is 1.94. The molecule has 0 aliphatic heterocycles. The van der Waals surface area contributed by atoms with Crippen molar-refractivity contribution in [2.24, 2.45) is 16.4 Å². The van der Waals surface area contributed by atoms with Gasteiger partial charge in [0.15, 0.2) is 0 Å². The molecule has 13 heavy (non-hydrogen) atoms. The topological polar surface area (TPSA) is 24.4 Å². The average molecular weight is 180 g/mol. The van der Waals surface area contributed by atoms with Gasteiger partial charge in [-0.25, -0.2) is 0 Å². The molecule has 0 radical (unpaired) electrons. The third kappa shape index (κ3) is 2.23. The Morgan fingerprint density at radius 1 is 1.38 bits per heavy atom. The standard InChI is InChI=1S/C11H20N2/c1-8-6-11(2,3)7-10(8)13-12-9-4-5-9/h8-9,12H,4-7H2,1-3H3/b13-10+. The number of hydrogen-bond donors (Lipinski definition) is 1. The van der Waals surface area contributed by atoms with Gasteiger partial charge in [-0.3, -0.25) is 0 Å². The molecule has 2 rings (SSSR count). The highest BCUT2D eigenvalue weighted by Gasteiger charge is 2.34. The molecule has 0 amide bonds. The van der Waals surface area contributed by atoms with Gasteiger partial charge in [-0.15, -0.1) is 0 Å². The summed E-state index contributed by atoms with van der Waals surface area (Å²) in [6.07, 6.45) is 5.09. The fourth-order valence-electron chi connectivity index (χ4n) is 2.22. The summed E-state index contributed by atoms with van der Waals surface area (Å²) in [5, 5.41) is 4.53. The van der Waals surface area contributed by atoms with E-state index in [-0.39, 0.29) is 0 Å². The van der Waals surface area contributed by atoms with Crippen molar-refractivity contribution in [3.8, 4) is 0 Å². The Hall–Kier alpha value is -0.530. The Bertz CT molecular complexity index is 226. The zero-order valence-corrected chi connectivity index (χ0v) is 8.93. The summed E-state index contributed by atoms with van der Waals surface area (Å²) in [6.45, 7) is 6.97. The van der Waals surface area contributed by atoms with E-state index in [4.69, 9.17) is 0 Å². The quantitative estimate of drug-likeness (QED) is 0.649. The largest absolute Gasteiger partial charge is 0.307 e. The van der Waals surface area contributed by atoms with Crippen LogP contribution in [0.3, 0.4) is 0 Å². The van der Waals surface area contributed by atoms with Gasteiger partial charge in [-0.2, -0.15) is 5.10 Å². The summed E-state index contributed by atoms with van der Waals surface area (Å²) >= 11 is 0. The number of hydrogen-bond acceptors (Lipinski definition) is 2. The second-order valence-corrected chi connectivity index (χ2v) is 5.45. The van der Waals surface area contributed by atoms with Crippen molar-refractivity contribution in [3.63, 3.8) is 0 Å². The lowest BCUT2D eigenvalue weighted by atomic mass is 9.91. The third-order valence-electron chi connectivity index (χ3n) is 3.06. The van der Waals surface area contributed by atoms with E-state index in [0.717, 1.165) is 0 Å². The van der Waals surface area contributed by atoms with E-state index in [1.165, 1.54) is 31.4 Å². The lowest BCUT2D eigenvalue weighted by molar-refractivity contribution is 0.368. The van der Waals surface area contributed by atoms with Crippen LogP contribution in [0.15, 0.2) is 5.10 Å². The van der Waals surface area contributed by atoms with Crippen LogP contribution in [0.5, 0.6) is 0 Å². The third-order valence-corrected chi connectivity index (χ3v) is 3.06. The van der Waals surface area contributed by atoms with Crippen molar-refractivity contribution in [1.82, 2.24) is 5.43 Å². The van der Waals surface area contributed by atoms with E-state index in [1.54, 1.807) is 0 Å². The van der Waals surface area contributed by atoms with Crippen molar-refractivity contribution in [3.05, 3.63) is 0 Å². The Kier molecular flexibility index (Phi) is 2.09. The minimum atomic E-state index is 0.476. The van der Waals surface area contributed by atoms with E-state index >= 15 is 0 Å². The molecule has 0 saturated heterocycles. The minimum absolute atomic E-state index is 0.476. The monoisotopic (exact) mass is 180 g/mol. The van der Waals surface area contributed by atoms with Crippen molar-refractivity contribution in [2.75, 3.05) is 0 Å². The normalized spacial score (nSPS) is 35.3. The molecule has 2 saturated carbocycles. The SMILES string of the molecule is CC1CC(C)(C)C/C1=N\NC1CC1. The summed E-state index contributed by atoms with van der Waals surface area (Å²) < 4.78 is 0. The van der Waals surface area contributed by atoms with Crippen LogP contribution in [0.25, 0.3) is 0 Å². The van der Waals surface area contributed by atoms with Crippen LogP contribution in [0.2, 0.25) is 0 Å². The molecule has 74 valence electrons. The first-order valence-corrected chi connectivity index (χ1v) is 5.39. The van der Waals surface area contributed by atoms with Gasteiger partial charge >= 0.3 is 0 Å². The molecule has 1 N–H and O–H groups in total. The Morgan fingerprint density at radius 2 is 2.08 bits per heavy atom. The van der Waals surface area contributed by atoms with Crippen LogP contribution in [-0.2, 0) is 0 Å². The highest BCUT2D eigenvalue weighted by atomic mass is 15.3. The zero-order chi connectivity index (χ0) is 9.47.